The van der Waals surface area contributed by atoms with E-state index in [1.165, 1.54) is 0 Å². The number of ether oxygens (including phenoxy) is 2. The lowest BCUT2D eigenvalue weighted by atomic mass is 9.95. The van der Waals surface area contributed by atoms with Crippen molar-refractivity contribution >= 4 is 23.6 Å². The number of piperazine rings is 1. The molecule has 1 saturated heterocycles. The third-order valence-electron chi connectivity index (χ3n) is 5.85. The summed E-state index contributed by atoms with van der Waals surface area (Å²) in [5.74, 6) is 0.298. The number of benzene rings is 1. The number of carbonyl (C=O) groups is 3. The first-order chi connectivity index (χ1) is 15.1. The Hall–Kier alpha value is -3.46. The fourth-order valence-electron chi connectivity index (χ4n) is 4.11. The number of aliphatic imine (C=N–C) groups is 1. The molecule has 31 heavy (non-hydrogen) atoms. The predicted molar refractivity (Wildman–Crippen MR) is 111 cm³/mol. The Morgan fingerprint density at radius 1 is 1.06 bits per heavy atom. The number of allylic oxidation sites excluding steroid dienone is 3. The first kappa shape index (κ1) is 19.5. The Balaban J connectivity index is 1.16. The highest BCUT2D eigenvalue weighted by Gasteiger charge is 2.37. The molecule has 1 aliphatic carbocycles. The molecule has 9 nitrogen and oxygen atoms in total. The summed E-state index contributed by atoms with van der Waals surface area (Å²) < 4.78 is 10.8. The minimum Gasteiger partial charge on any atom is -0.454 e. The quantitative estimate of drug-likeness (QED) is 0.724. The standard InChI is InChI=1S/C22H22N4O5/c27-20(13-26-21(28)16-3-1-2-4-17(16)23-22(26)29)25-9-7-24(8-10-25)12-15-5-6-18-19(11-15)31-14-30-18/h1-6,11,16H,7-10,12-14H2. The van der Waals surface area contributed by atoms with Crippen LogP contribution in [-0.4, -0.2) is 77.8 Å². The molecule has 4 aliphatic rings. The molecule has 160 valence electrons. The van der Waals surface area contributed by atoms with E-state index in [4.69, 9.17) is 9.47 Å². The van der Waals surface area contributed by atoms with E-state index in [0.717, 1.165) is 28.5 Å². The lowest BCUT2D eigenvalue weighted by Crippen LogP contribution is -2.54. The van der Waals surface area contributed by atoms with Gasteiger partial charge in [0.05, 0.1) is 11.6 Å². The van der Waals surface area contributed by atoms with Crippen LogP contribution in [0.2, 0.25) is 0 Å². The Morgan fingerprint density at radius 3 is 2.71 bits per heavy atom. The molecule has 0 saturated carbocycles. The smallest absolute Gasteiger partial charge is 0.351 e. The molecular weight excluding hydrogens is 400 g/mol. The maximum Gasteiger partial charge on any atom is 0.351 e. The van der Waals surface area contributed by atoms with Gasteiger partial charge < -0.3 is 14.4 Å². The van der Waals surface area contributed by atoms with Gasteiger partial charge in [-0.15, -0.1) is 0 Å². The molecule has 0 spiro atoms. The van der Waals surface area contributed by atoms with Gasteiger partial charge in [0.2, 0.25) is 18.6 Å². The van der Waals surface area contributed by atoms with Crippen molar-refractivity contribution in [1.82, 2.24) is 14.7 Å². The molecule has 0 aromatic heterocycles. The summed E-state index contributed by atoms with van der Waals surface area (Å²) in [6.07, 6.45) is 6.83. The van der Waals surface area contributed by atoms with Crippen LogP contribution >= 0.6 is 0 Å². The number of hydrogen-bond acceptors (Lipinski definition) is 6. The average molecular weight is 422 g/mol. The Morgan fingerprint density at radius 2 is 1.87 bits per heavy atom. The predicted octanol–water partition coefficient (Wildman–Crippen LogP) is 1.20. The Kier molecular flexibility index (Phi) is 5.03. The number of fused-ring (bicyclic) bond motifs is 2. The first-order valence-corrected chi connectivity index (χ1v) is 10.3. The zero-order valence-corrected chi connectivity index (χ0v) is 16.9. The zero-order valence-electron chi connectivity index (χ0n) is 16.9. The third-order valence-corrected chi connectivity index (χ3v) is 5.85. The van der Waals surface area contributed by atoms with Gasteiger partial charge in [-0.05, 0) is 23.8 Å². The van der Waals surface area contributed by atoms with Gasteiger partial charge in [-0.3, -0.25) is 19.4 Å². The van der Waals surface area contributed by atoms with Gasteiger partial charge in [0.15, 0.2) is 11.5 Å². The van der Waals surface area contributed by atoms with Crippen molar-refractivity contribution in [2.24, 2.45) is 10.9 Å². The van der Waals surface area contributed by atoms with Crippen LogP contribution in [0.25, 0.3) is 0 Å². The number of amides is 4. The Labute approximate surface area is 179 Å². The summed E-state index contributed by atoms with van der Waals surface area (Å²) in [5.41, 5.74) is 1.55. The van der Waals surface area contributed by atoms with Gasteiger partial charge in [-0.25, -0.2) is 4.79 Å². The highest BCUT2D eigenvalue weighted by atomic mass is 16.7. The van der Waals surface area contributed by atoms with Crippen LogP contribution in [-0.2, 0) is 16.1 Å². The molecule has 0 radical (unpaired) electrons. The molecule has 9 heteroatoms. The molecular formula is C22H22N4O5. The van der Waals surface area contributed by atoms with Crippen LogP contribution in [0.15, 0.2) is 47.5 Å². The lowest BCUT2D eigenvalue weighted by Gasteiger charge is -2.36. The number of hydrogen-bond donors (Lipinski definition) is 0. The molecule has 4 amide bonds. The number of imide groups is 1. The highest BCUT2D eigenvalue weighted by molar-refractivity contribution is 6.22. The van der Waals surface area contributed by atoms with Crippen molar-refractivity contribution < 1.29 is 23.9 Å². The van der Waals surface area contributed by atoms with Crippen molar-refractivity contribution in [3.8, 4) is 11.5 Å². The number of rotatable bonds is 4. The lowest BCUT2D eigenvalue weighted by molar-refractivity contribution is -0.139. The van der Waals surface area contributed by atoms with E-state index in [2.05, 4.69) is 9.89 Å². The van der Waals surface area contributed by atoms with Crippen LogP contribution in [0.3, 0.4) is 0 Å². The topological polar surface area (TPSA) is 91.8 Å². The third kappa shape index (κ3) is 3.84. The fraction of sp³-hybridized carbons (Fsp3) is 0.364. The Bertz CT molecular complexity index is 1020. The van der Waals surface area contributed by atoms with Crippen molar-refractivity contribution in [2.75, 3.05) is 39.5 Å². The molecule has 5 rings (SSSR count). The van der Waals surface area contributed by atoms with Crippen LogP contribution in [0, 0.1) is 5.92 Å². The first-order valence-electron chi connectivity index (χ1n) is 10.3. The highest BCUT2D eigenvalue weighted by Crippen LogP contribution is 2.32. The minimum atomic E-state index is -0.675. The minimum absolute atomic E-state index is 0.238. The van der Waals surface area contributed by atoms with Crippen molar-refractivity contribution in [3.63, 3.8) is 0 Å². The van der Waals surface area contributed by atoms with E-state index in [-0.39, 0.29) is 19.2 Å². The molecule has 1 aromatic carbocycles. The van der Waals surface area contributed by atoms with E-state index in [9.17, 15) is 14.4 Å². The normalized spacial score (nSPS) is 22.6. The number of carbonyl (C=O) groups excluding carboxylic acids is 3. The van der Waals surface area contributed by atoms with Gasteiger partial charge in [0, 0.05) is 32.7 Å². The average Bonchev–Trinajstić information content (AvgIpc) is 3.25. The largest absolute Gasteiger partial charge is 0.454 e. The van der Waals surface area contributed by atoms with Crippen molar-refractivity contribution in [3.05, 3.63) is 48.1 Å². The van der Waals surface area contributed by atoms with E-state index < -0.39 is 17.9 Å². The van der Waals surface area contributed by atoms with Gasteiger partial charge in [0.1, 0.15) is 6.54 Å². The zero-order chi connectivity index (χ0) is 21.4. The molecule has 1 aromatic rings. The van der Waals surface area contributed by atoms with Crippen molar-refractivity contribution in [2.45, 2.75) is 6.54 Å². The van der Waals surface area contributed by atoms with Crippen LogP contribution in [0.5, 0.6) is 11.5 Å². The van der Waals surface area contributed by atoms with Crippen LogP contribution in [0.1, 0.15) is 5.56 Å². The van der Waals surface area contributed by atoms with E-state index >= 15 is 0 Å². The molecule has 0 N–H and O–H groups in total. The second-order valence-electron chi connectivity index (χ2n) is 7.81. The molecule has 3 aliphatic heterocycles. The van der Waals surface area contributed by atoms with Crippen LogP contribution < -0.4 is 9.47 Å². The summed E-state index contributed by atoms with van der Waals surface area (Å²) in [4.78, 5) is 46.6. The summed E-state index contributed by atoms with van der Waals surface area (Å²) >= 11 is 0. The molecule has 1 atom stereocenters. The SMILES string of the molecule is O=C(CN1C(=O)N=C2C=CC=CC2C1=O)N1CCN(Cc2ccc3c(c2)OCO3)CC1. The summed E-state index contributed by atoms with van der Waals surface area (Å²) in [6.45, 7) is 3.23. The molecule has 1 unspecified atom stereocenters. The molecule has 0 bridgehead atoms. The fourth-order valence-corrected chi connectivity index (χ4v) is 4.11. The molecule has 1 fully saturated rings. The number of nitrogens with zero attached hydrogens (tertiary/aromatic N) is 4. The number of urea groups is 1. The van der Waals surface area contributed by atoms with Crippen molar-refractivity contribution in [1.29, 1.82) is 0 Å². The maximum absolute atomic E-state index is 12.8. The van der Waals surface area contributed by atoms with Crippen LogP contribution in [0.4, 0.5) is 4.79 Å². The maximum atomic E-state index is 12.8. The van der Waals surface area contributed by atoms with E-state index in [0.29, 0.717) is 31.9 Å². The van der Waals surface area contributed by atoms with Gasteiger partial charge in [0.25, 0.3) is 0 Å². The second-order valence-corrected chi connectivity index (χ2v) is 7.81. The monoisotopic (exact) mass is 422 g/mol. The van der Waals surface area contributed by atoms with Gasteiger partial charge >= 0.3 is 6.03 Å². The summed E-state index contributed by atoms with van der Waals surface area (Å²) in [7, 11) is 0. The summed E-state index contributed by atoms with van der Waals surface area (Å²) in [6, 6.07) is 5.24. The van der Waals surface area contributed by atoms with E-state index in [1.807, 2.05) is 18.2 Å². The summed E-state index contributed by atoms with van der Waals surface area (Å²) in [5, 5.41) is 0. The second kappa shape index (κ2) is 7.99. The molecule has 3 heterocycles. The van der Waals surface area contributed by atoms with E-state index in [1.54, 1.807) is 29.2 Å². The van der Waals surface area contributed by atoms with Gasteiger partial charge in [-0.2, -0.15) is 4.99 Å². The van der Waals surface area contributed by atoms with Gasteiger partial charge in [-0.1, -0.05) is 24.3 Å².